The van der Waals surface area contributed by atoms with Gasteiger partial charge in [0, 0.05) is 0 Å². The SMILES string of the molecule is CC.NS(=O)c1ccc(OC(F)(F)F)cc1. The van der Waals surface area contributed by atoms with Crippen molar-refractivity contribution < 1.29 is 22.1 Å². The summed E-state index contributed by atoms with van der Waals surface area (Å²) in [6, 6.07) is 4.51. The summed E-state index contributed by atoms with van der Waals surface area (Å²) < 4.78 is 49.3. The molecule has 0 saturated heterocycles. The third-order valence-corrected chi connectivity index (χ3v) is 2.03. The largest absolute Gasteiger partial charge is 0.573 e. The summed E-state index contributed by atoms with van der Waals surface area (Å²) in [5.41, 5.74) is 0. The predicted octanol–water partition coefficient (Wildman–Crippen LogP) is 2.59. The molecule has 1 atom stereocenters. The van der Waals surface area contributed by atoms with Gasteiger partial charge in [-0.3, -0.25) is 0 Å². The molecule has 0 amide bonds. The first-order valence-electron chi connectivity index (χ1n) is 4.40. The number of hydrogen-bond donors (Lipinski definition) is 1. The normalized spacial score (nSPS) is 12.4. The van der Waals surface area contributed by atoms with Crippen LogP contribution in [0.5, 0.6) is 5.75 Å². The van der Waals surface area contributed by atoms with Crippen LogP contribution in [0, 0.1) is 0 Å². The minimum absolute atomic E-state index is 0.236. The summed E-state index contributed by atoms with van der Waals surface area (Å²) in [5.74, 6) is -0.369. The minimum Gasteiger partial charge on any atom is -0.406 e. The van der Waals surface area contributed by atoms with Crippen LogP contribution in [0.1, 0.15) is 13.8 Å². The molecule has 92 valence electrons. The summed E-state index contributed by atoms with van der Waals surface area (Å²) in [6.07, 6.45) is -4.72. The highest BCUT2D eigenvalue weighted by Crippen LogP contribution is 2.22. The van der Waals surface area contributed by atoms with E-state index in [4.69, 9.17) is 5.14 Å². The van der Waals surface area contributed by atoms with E-state index in [2.05, 4.69) is 4.74 Å². The van der Waals surface area contributed by atoms with Crippen LogP contribution in [-0.2, 0) is 11.0 Å². The first kappa shape index (κ1) is 14.9. The van der Waals surface area contributed by atoms with Crippen molar-refractivity contribution in [2.45, 2.75) is 25.1 Å². The van der Waals surface area contributed by atoms with Crippen molar-refractivity contribution in [2.24, 2.45) is 5.14 Å². The molecule has 0 bridgehead atoms. The lowest BCUT2D eigenvalue weighted by Crippen LogP contribution is -2.17. The fourth-order valence-electron chi connectivity index (χ4n) is 0.775. The highest BCUT2D eigenvalue weighted by Gasteiger charge is 2.30. The van der Waals surface area contributed by atoms with Crippen LogP contribution in [0.15, 0.2) is 29.2 Å². The van der Waals surface area contributed by atoms with Crippen molar-refractivity contribution in [3.8, 4) is 5.75 Å². The van der Waals surface area contributed by atoms with Gasteiger partial charge in [-0.2, -0.15) is 0 Å². The highest BCUT2D eigenvalue weighted by molar-refractivity contribution is 7.82. The van der Waals surface area contributed by atoms with E-state index in [1.165, 1.54) is 12.1 Å². The Balaban J connectivity index is 0.00000106. The van der Waals surface area contributed by atoms with Crippen molar-refractivity contribution in [1.29, 1.82) is 0 Å². The van der Waals surface area contributed by atoms with Gasteiger partial charge in [0.2, 0.25) is 0 Å². The van der Waals surface area contributed by atoms with Gasteiger partial charge in [-0.25, -0.2) is 9.35 Å². The number of rotatable bonds is 2. The first-order chi connectivity index (χ1) is 7.38. The topological polar surface area (TPSA) is 52.3 Å². The Morgan fingerprint density at radius 3 is 1.94 bits per heavy atom. The number of hydrogen-bond acceptors (Lipinski definition) is 2. The van der Waals surface area contributed by atoms with Gasteiger partial charge in [0.15, 0.2) is 0 Å². The zero-order valence-corrected chi connectivity index (χ0v) is 9.56. The van der Waals surface area contributed by atoms with Gasteiger partial charge in [-0.15, -0.1) is 13.2 Å². The zero-order valence-electron chi connectivity index (χ0n) is 8.75. The fraction of sp³-hybridized carbons (Fsp3) is 0.333. The zero-order chi connectivity index (χ0) is 12.8. The van der Waals surface area contributed by atoms with Gasteiger partial charge in [0.25, 0.3) is 0 Å². The van der Waals surface area contributed by atoms with Crippen LogP contribution in [0.3, 0.4) is 0 Å². The summed E-state index contributed by atoms with van der Waals surface area (Å²) in [6.45, 7) is 4.00. The summed E-state index contributed by atoms with van der Waals surface area (Å²) in [5, 5.41) is 5.00. The van der Waals surface area contributed by atoms with E-state index in [1.54, 1.807) is 0 Å². The maximum atomic E-state index is 11.7. The number of benzene rings is 1. The van der Waals surface area contributed by atoms with Crippen molar-refractivity contribution in [2.75, 3.05) is 0 Å². The third-order valence-electron chi connectivity index (χ3n) is 1.29. The highest BCUT2D eigenvalue weighted by atomic mass is 32.2. The molecule has 0 aliphatic rings. The van der Waals surface area contributed by atoms with E-state index in [1.807, 2.05) is 13.8 Å². The van der Waals surface area contributed by atoms with E-state index in [-0.39, 0.29) is 10.6 Å². The van der Waals surface area contributed by atoms with E-state index < -0.39 is 17.3 Å². The molecular formula is C9H12F3NO2S. The van der Waals surface area contributed by atoms with Crippen LogP contribution in [0.2, 0.25) is 0 Å². The molecule has 1 aromatic carbocycles. The van der Waals surface area contributed by atoms with Crippen LogP contribution in [0.25, 0.3) is 0 Å². The molecule has 0 fully saturated rings. The third kappa shape index (κ3) is 5.72. The van der Waals surface area contributed by atoms with Gasteiger partial charge in [-0.1, -0.05) is 13.8 Å². The molecule has 3 nitrogen and oxygen atoms in total. The molecule has 0 aliphatic carbocycles. The molecule has 0 aromatic heterocycles. The number of ether oxygens (including phenoxy) is 1. The smallest absolute Gasteiger partial charge is 0.406 e. The van der Waals surface area contributed by atoms with Crippen molar-refractivity contribution in [1.82, 2.24) is 0 Å². The number of nitrogens with two attached hydrogens (primary N) is 1. The number of halogens is 3. The molecule has 16 heavy (non-hydrogen) atoms. The average Bonchev–Trinajstić information content (AvgIpc) is 2.19. The molecule has 1 rings (SSSR count). The average molecular weight is 255 g/mol. The Hall–Kier alpha value is -1.08. The summed E-state index contributed by atoms with van der Waals surface area (Å²) in [4.78, 5) is 0.236. The van der Waals surface area contributed by atoms with Crippen LogP contribution >= 0.6 is 0 Å². The maximum absolute atomic E-state index is 11.7. The fourth-order valence-corrected chi connectivity index (χ4v) is 1.18. The Kier molecular flexibility index (Phi) is 6.05. The molecule has 1 unspecified atom stereocenters. The Morgan fingerprint density at radius 1 is 1.19 bits per heavy atom. The molecule has 0 heterocycles. The second-order valence-electron chi connectivity index (χ2n) is 2.32. The van der Waals surface area contributed by atoms with E-state index in [0.717, 1.165) is 12.1 Å². The second kappa shape index (κ2) is 6.49. The van der Waals surface area contributed by atoms with Crippen LogP contribution < -0.4 is 9.88 Å². The monoisotopic (exact) mass is 255 g/mol. The van der Waals surface area contributed by atoms with Gasteiger partial charge in [0.1, 0.15) is 16.7 Å². The van der Waals surface area contributed by atoms with Crippen molar-refractivity contribution >= 4 is 11.0 Å². The first-order valence-corrected chi connectivity index (χ1v) is 5.62. The molecule has 1 aromatic rings. The lowest BCUT2D eigenvalue weighted by atomic mass is 10.3. The van der Waals surface area contributed by atoms with E-state index >= 15 is 0 Å². The standard InChI is InChI=1S/C7H6F3NO2S.C2H6/c8-7(9,10)13-5-1-3-6(4-2-5)14(11)12;1-2/h1-4H,11H2;1-2H3. The maximum Gasteiger partial charge on any atom is 0.573 e. The lowest BCUT2D eigenvalue weighted by molar-refractivity contribution is -0.274. The van der Waals surface area contributed by atoms with Gasteiger partial charge >= 0.3 is 6.36 Å². The lowest BCUT2D eigenvalue weighted by Gasteiger charge is -2.08. The Morgan fingerprint density at radius 2 is 1.62 bits per heavy atom. The van der Waals surface area contributed by atoms with Crippen molar-refractivity contribution in [3.63, 3.8) is 0 Å². The van der Waals surface area contributed by atoms with Crippen LogP contribution in [-0.4, -0.2) is 10.6 Å². The minimum atomic E-state index is -4.72. The summed E-state index contributed by atoms with van der Waals surface area (Å²) in [7, 11) is -1.70. The molecule has 0 saturated carbocycles. The molecule has 7 heteroatoms. The van der Waals surface area contributed by atoms with Gasteiger partial charge in [-0.05, 0) is 24.3 Å². The second-order valence-corrected chi connectivity index (χ2v) is 3.38. The van der Waals surface area contributed by atoms with Gasteiger partial charge < -0.3 is 4.74 Å². The Bertz CT molecular complexity index is 338. The molecule has 2 N–H and O–H groups in total. The molecule has 0 spiro atoms. The number of alkyl halides is 3. The molecule has 0 aliphatic heterocycles. The molecule has 0 radical (unpaired) electrons. The van der Waals surface area contributed by atoms with Crippen molar-refractivity contribution in [3.05, 3.63) is 24.3 Å². The van der Waals surface area contributed by atoms with E-state index in [0.29, 0.717) is 0 Å². The van der Waals surface area contributed by atoms with Crippen LogP contribution in [0.4, 0.5) is 13.2 Å². The summed E-state index contributed by atoms with van der Waals surface area (Å²) >= 11 is 0. The van der Waals surface area contributed by atoms with Gasteiger partial charge in [0.05, 0.1) is 4.90 Å². The quantitative estimate of drug-likeness (QED) is 0.883. The predicted molar refractivity (Wildman–Crippen MR) is 55.1 cm³/mol. The van der Waals surface area contributed by atoms with E-state index in [9.17, 15) is 17.4 Å². The Labute approximate surface area is 94.0 Å². The molecular weight excluding hydrogens is 243 g/mol.